The van der Waals surface area contributed by atoms with Gasteiger partial charge in [0, 0.05) is 30.9 Å². The number of aliphatic imine (C=N–C) groups is 1. The second-order valence-electron chi connectivity index (χ2n) is 7.66. The Kier molecular flexibility index (Phi) is 6.71. The summed E-state index contributed by atoms with van der Waals surface area (Å²) in [5.41, 5.74) is 3.85. The molecule has 32 heavy (non-hydrogen) atoms. The van der Waals surface area contributed by atoms with Crippen LogP contribution in [0.5, 0.6) is 5.75 Å². The molecule has 0 spiro atoms. The number of ether oxygens (including phenoxy) is 1. The van der Waals surface area contributed by atoms with E-state index in [0.29, 0.717) is 22.2 Å². The van der Waals surface area contributed by atoms with Gasteiger partial charge in [0.2, 0.25) is 0 Å². The fraction of sp³-hybridized carbons (Fsp3) is 0.240. The van der Waals surface area contributed by atoms with Crippen molar-refractivity contribution in [3.8, 4) is 5.75 Å². The Hall–Kier alpha value is -3.38. The number of nitrogens with zero attached hydrogens (tertiary/aromatic N) is 3. The highest BCUT2D eigenvalue weighted by Gasteiger charge is 2.16. The van der Waals surface area contributed by atoms with Gasteiger partial charge in [-0.3, -0.25) is 9.79 Å². The van der Waals surface area contributed by atoms with Crippen molar-refractivity contribution in [1.82, 2.24) is 9.88 Å². The Balaban J connectivity index is 1.48. The number of hydrogen-bond donors (Lipinski definition) is 1. The largest absolute Gasteiger partial charge is 0.497 e. The number of amidine groups is 1. The molecule has 1 aliphatic heterocycles. The van der Waals surface area contributed by atoms with E-state index in [-0.39, 0.29) is 5.91 Å². The summed E-state index contributed by atoms with van der Waals surface area (Å²) in [7, 11) is 3.65. The summed E-state index contributed by atoms with van der Waals surface area (Å²) >= 11 is 5.88. The molecule has 7 heteroatoms. The van der Waals surface area contributed by atoms with Crippen molar-refractivity contribution < 1.29 is 9.53 Å². The summed E-state index contributed by atoms with van der Waals surface area (Å²) in [4.78, 5) is 23.9. The minimum atomic E-state index is -0.230. The van der Waals surface area contributed by atoms with Crippen molar-refractivity contribution in [2.24, 2.45) is 4.99 Å². The summed E-state index contributed by atoms with van der Waals surface area (Å²) in [6.45, 7) is 1.81. The highest BCUT2D eigenvalue weighted by Crippen LogP contribution is 2.22. The van der Waals surface area contributed by atoms with Gasteiger partial charge in [-0.1, -0.05) is 41.9 Å². The van der Waals surface area contributed by atoms with Crippen LogP contribution in [-0.4, -0.2) is 48.9 Å². The number of carbonyl (C=O) groups excluding carboxylic acids is 1. The maximum atomic E-state index is 13.0. The molecule has 3 aromatic rings. The Morgan fingerprint density at radius 3 is 2.59 bits per heavy atom. The first-order valence-electron chi connectivity index (χ1n) is 10.5. The van der Waals surface area contributed by atoms with Crippen LogP contribution in [0.3, 0.4) is 0 Å². The quantitative estimate of drug-likeness (QED) is 0.579. The van der Waals surface area contributed by atoms with Gasteiger partial charge in [0.05, 0.1) is 18.7 Å². The zero-order valence-corrected chi connectivity index (χ0v) is 18.9. The third-order valence-electron chi connectivity index (χ3n) is 5.48. The number of carbonyl (C=O) groups is 1. The molecule has 1 N–H and O–H groups in total. The number of likely N-dealkylation sites (N-methyl/N-ethyl adjacent to an activating group) is 1. The molecule has 6 nitrogen and oxygen atoms in total. The van der Waals surface area contributed by atoms with Gasteiger partial charge in [-0.15, -0.1) is 0 Å². The number of anilines is 1. The van der Waals surface area contributed by atoms with Gasteiger partial charge in [-0.05, 0) is 48.2 Å². The van der Waals surface area contributed by atoms with Crippen molar-refractivity contribution in [3.05, 3.63) is 88.1 Å². The van der Waals surface area contributed by atoms with Crippen molar-refractivity contribution in [1.29, 1.82) is 0 Å². The molecule has 0 saturated heterocycles. The van der Waals surface area contributed by atoms with Crippen LogP contribution in [-0.2, 0) is 12.8 Å². The number of aryl methyl sites for hydroxylation is 2. The van der Waals surface area contributed by atoms with E-state index >= 15 is 0 Å². The third kappa shape index (κ3) is 5.08. The van der Waals surface area contributed by atoms with E-state index in [4.69, 9.17) is 16.3 Å². The first kappa shape index (κ1) is 21.8. The summed E-state index contributed by atoms with van der Waals surface area (Å²) in [5, 5.41) is 3.35. The van der Waals surface area contributed by atoms with Gasteiger partial charge < -0.3 is 15.0 Å². The zero-order chi connectivity index (χ0) is 22.5. The fourth-order valence-corrected chi connectivity index (χ4v) is 3.80. The average molecular weight is 449 g/mol. The van der Waals surface area contributed by atoms with E-state index < -0.39 is 0 Å². The van der Waals surface area contributed by atoms with E-state index in [1.807, 2.05) is 12.1 Å². The first-order chi connectivity index (χ1) is 15.5. The number of methoxy groups -OCH3 is 1. The highest BCUT2D eigenvalue weighted by molar-refractivity contribution is 6.30. The van der Waals surface area contributed by atoms with E-state index in [2.05, 4.69) is 51.5 Å². The number of pyridine rings is 1. The molecule has 0 radical (unpaired) electrons. The highest BCUT2D eigenvalue weighted by atomic mass is 35.5. The number of halogens is 1. The van der Waals surface area contributed by atoms with Crippen LogP contribution < -0.4 is 10.1 Å². The van der Waals surface area contributed by atoms with Crippen LogP contribution in [0.2, 0.25) is 5.02 Å². The summed E-state index contributed by atoms with van der Waals surface area (Å²) in [6.07, 6.45) is 3.04. The number of rotatable bonds is 7. The minimum Gasteiger partial charge on any atom is -0.497 e. The van der Waals surface area contributed by atoms with Crippen molar-refractivity contribution in [2.75, 3.05) is 32.6 Å². The van der Waals surface area contributed by atoms with E-state index in [0.717, 1.165) is 42.9 Å². The van der Waals surface area contributed by atoms with Crippen LogP contribution in [0, 0.1) is 0 Å². The SMILES string of the molecule is COc1ccc(CCc2ccc(C3=NCCN3C)cc2)c(C(=O)Nc2ccc(Cl)cn2)c1. The number of amides is 1. The molecule has 0 aliphatic carbocycles. The Morgan fingerprint density at radius 1 is 1.12 bits per heavy atom. The van der Waals surface area contributed by atoms with Crippen LogP contribution in [0.1, 0.15) is 27.0 Å². The fourth-order valence-electron chi connectivity index (χ4n) is 3.69. The number of aromatic nitrogens is 1. The monoisotopic (exact) mass is 448 g/mol. The van der Waals surface area contributed by atoms with Crippen molar-refractivity contribution in [3.63, 3.8) is 0 Å². The maximum absolute atomic E-state index is 13.0. The average Bonchev–Trinajstić information content (AvgIpc) is 3.25. The molecule has 1 aliphatic rings. The van der Waals surface area contributed by atoms with Gasteiger partial charge in [0.15, 0.2) is 0 Å². The number of benzene rings is 2. The Labute approximate surface area is 192 Å². The summed E-state index contributed by atoms with van der Waals surface area (Å²) in [6, 6.07) is 17.4. The minimum absolute atomic E-state index is 0.230. The van der Waals surface area contributed by atoms with Crippen LogP contribution in [0.4, 0.5) is 5.82 Å². The van der Waals surface area contributed by atoms with E-state index in [9.17, 15) is 4.79 Å². The Morgan fingerprint density at radius 2 is 1.94 bits per heavy atom. The molecule has 2 aromatic carbocycles. The lowest BCUT2D eigenvalue weighted by Crippen LogP contribution is -2.23. The second kappa shape index (κ2) is 9.83. The molecule has 1 aromatic heterocycles. The van der Waals surface area contributed by atoms with Crippen molar-refractivity contribution in [2.45, 2.75) is 12.8 Å². The molecule has 164 valence electrons. The molecule has 1 amide bonds. The molecule has 0 bridgehead atoms. The zero-order valence-electron chi connectivity index (χ0n) is 18.1. The number of nitrogens with one attached hydrogen (secondary N) is 1. The molecule has 2 heterocycles. The first-order valence-corrected chi connectivity index (χ1v) is 10.9. The van der Waals surface area contributed by atoms with Gasteiger partial charge in [-0.25, -0.2) is 4.98 Å². The number of hydrogen-bond acceptors (Lipinski definition) is 5. The Bertz CT molecular complexity index is 1130. The predicted molar refractivity (Wildman–Crippen MR) is 128 cm³/mol. The van der Waals surface area contributed by atoms with Crippen LogP contribution in [0.15, 0.2) is 65.8 Å². The standard InChI is InChI=1S/C25H25ClN4O2/c1-30-14-13-27-24(30)19-7-4-17(5-8-19)3-6-18-9-11-21(32-2)15-22(18)25(31)29-23-12-10-20(26)16-28-23/h4-5,7-12,15-16H,3,6,13-14H2,1-2H3,(H,28,29,31). The summed E-state index contributed by atoms with van der Waals surface area (Å²) in [5.74, 6) is 1.89. The lowest BCUT2D eigenvalue weighted by molar-refractivity contribution is 0.102. The molecule has 0 unspecified atom stereocenters. The van der Waals surface area contributed by atoms with Crippen LogP contribution in [0.25, 0.3) is 0 Å². The molecular formula is C25H25ClN4O2. The van der Waals surface area contributed by atoms with E-state index in [1.54, 1.807) is 25.3 Å². The molecule has 0 atom stereocenters. The molecular weight excluding hydrogens is 424 g/mol. The maximum Gasteiger partial charge on any atom is 0.257 e. The van der Waals surface area contributed by atoms with Crippen LogP contribution >= 0.6 is 11.6 Å². The lowest BCUT2D eigenvalue weighted by Gasteiger charge is -2.14. The second-order valence-corrected chi connectivity index (χ2v) is 8.10. The van der Waals surface area contributed by atoms with Gasteiger partial charge in [0.25, 0.3) is 5.91 Å². The third-order valence-corrected chi connectivity index (χ3v) is 5.71. The normalized spacial score (nSPS) is 13.1. The topological polar surface area (TPSA) is 66.8 Å². The smallest absolute Gasteiger partial charge is 0.257 e. The summed E-state index contributed by atoms with van der Waals surface area (Å²) < 4.78 is 5.33. The van der Waals surface area contributed by atoms with Gasteiger partial charge in [-0.2, -0.15) is 0 Å². The molecule has 0 saturated carbocycles. The molecule has 4 rings (SSSR count). The predicted octanol–water partition coefficient (Wildman–Crippen LogP) is 4.47. The van der Waals surface area contributed by atoms with Gasteiger partial charge >= 0.3 is 0 Å². The van der Waals surface area contributed by atoms with Crippen molar-refractivity contribution >= 4 is 29.2 Å². The van der Waals surface area contributed by atoms with Gasteiger partial charge in [0.1, 0.15) is 17.4 Å². The lowest BCUT2D eigenvalue weighted by atomic mass is 9.98. The molecule has 0 fully saturated rings. The van der Waals surface area contributed by atoms with E-state index in [1.165, 1.54) is 11.8 Å².